The van der Waals surface area contributed by atoms with Gasteiger partial charge in [-0.3, -0.25) is 9.59 Å². The standard InChI is InChI=1S/C19H28N4O2/c1-4-5-13-22(3)19(25)14-23-17-10-7-6-9-16(17)21-18(23)11-8-12-20-15(2)24/h6-7,9-10H,4-5,8,11-14H2,1-3H3,(H,20,24). The van der Waals surface area contributed by atoms with Crippen LogP contribution in [-0.2, 0) is 22.6 Å². The number of nitrogens with one attached hydrogen (secondary N) is 1. The maximum absolute atomic E-state index is 12.6. The topological polar surface area (TPSA) is 67.2 Å². The zero-order valence-corrected chi connectivity index (χ0v) is 15.4. The van der Waals surface area contributed by atoms with Crippen molar-refractivity contribution in [3.8, 4) is 0 Å². The lowest BCUT2D eigenvalue weighted by Crippen LogP contribution is -2.31. The van der Waals surface area contributed by atoms with Crippen molar-refractivity contribution in [3.63, 3.8) is 0 Å². The van der Waals surface area contributed by atoms with Crippen LogP contribution in [0.25, 0.3) is 11.0 Å². The molecule has 0 spiro atoms. The van der Waals surface area contributed by atoms with E-state index in [4.69, 9.17) is 0 Å². The fourth-order valence-electron chi connectivity index (χ4n) is 2.78. The Bertz CT molecular complexity index is 723. The molecule has 0 aliphatic carbocycles. The first-order valence-corrected chi connectivity index (χ1v) is 8.95. The third kappa shape index (κ3) is 5.31. The molecule has 1 heterocycles. The highest BCUT2D eigenvalue weighted by Gasteiger charge is 2.15. The third-order valence-corrected chi connectivity index (χ3v) is 4.25. The van der Waals surface area contributed by atoms with Gasteiger partial charge in [0.05, 0.1) is 11.0 Å². The molecule has 1 aromatic heterocycles. The molecule has 0 bridgehead atoms. The molecule has 0 atom stereocenters. The molecule has 25 heavy (non-hydrogen) atoms. The van der Waals surface area contributed by atoms with Crippen LogP contribution in [0.2, 0.25) is 0 Å². The number of aryl methyl sites for hydroxylation is 1. The predicted octanol–water partition coefficient (Wildman–Crippen LogP) is 2.36. The van der Waals surface area contributed by atoms with Crippen molar-refractivity contribution in [1.29, 1.82) is 0 Å². The van der Waals surface area contributed by atoms with E-state index in [9.17, 15) is 9.59 Å². The molecule has 6 nitrogen and oxygen atoms in total. The fraction of sp³-hybridized carbons (Fsp3) is 0.526. The second-order valence-corrected chi connectivity index (χ2v) is 6.36. The second kappa shape index (κ2) is 9.20. The van der Waals surface area contributed by atoms with Crippen molar-refractivity contribution in [1.82, 2.24) is 19.8 Å². The van der Waals surface area contributed by atoms with Gasteiger partial charge in [-0.15, -0.1) is 0 Å². The van der Waals surface area contributed by atoms with E-state index >= 15 is 0 Å². The van der Waals surface area contributed by atoms with Crippen LogP contribution in [-0.4, -0.2) is 46.4 Å². The molecule has 6 heteroatoms. The smallest absolute Gasteiger partial charge is 0.242 e. The number of benzene rings is 1. The summed E-state index contributed by atoms with van der Waals surface area (Å²) in [6.45, 7) is 5.33. The molecule has 2 rings (SSSR count). The lowest BCUT2D eigenvalue weighted by atomic mass is 10.3. The van der Waals surface area contributed by atoms with Crippen LogP contribution in [0.5, 0.6) is 0 Å². The molecule has 1 aromatic carbocycles. The SMILES string of the molecule is CCCCN(C)C(=O)Cn1c(CCCNC(C)=O)nc2ccccc21. The summed E-state index contributed by atoms with van der Waals surface area (Å²) >= 11 is 0. The summed E-state index contributed by atoms with van der Waals surface area (Å²) < 4.78 is 2.01. The number of hydrogen-bond donors (Lipinski definition) is 1. The van der Waals surface area contributed by atoms with Crippen molar-refractivity contribution in [2.75, 3.05) is 20.1 Å². The largest absolute Gasteiger partial charge is 0.356 e. The molecule has 0 radical (unpaired) electrons. The zero-order valence-electron chi connectivity index (χ0n) is 15.4. The van der Waals surface area contributed by atoms with Crippen LogP contribution < -0.4 is 5.32 Å². The Labute approximate surface area is 149 Å². The minimum Gasteiger partial charge on any atom is -0.356 e. The number of likely N-dealkylation sites (N-methyl/N-ethyl adjacent to an activating group) is 1. The molecule has 2 aromatic rings. The summed E-state index contributed by atoms with van der Waals surface area (Å²) in [7, 11) is 1.85. The number of aromatic nitrogens is 2. The van der Waals surface area contributed by atoms with Crippen LogP contribution in [0.1, 0.15) is 38.9 Å². The number of carbonyl (C=O) groups excluding carboxylic acids is 2. The van der Waals surface area contributed by atoms with Crippen LogP contribution in [0.15, 0.2) is 24.3 Å². The van der Waals surface area contributed by atoms with Crippen molar-refractivity contribution >= 4 is 22.8 Å². The zero-order chi connectivity index (χ0) is 18.2. The van der Waals surface area contributed by atoms with Crippen molar-refractivity contribution in [2.45, 2.75) is 46.1 Å². The Morgan fingerprint density at radius 3 is 2.72 bits per heavy atom. The van der Waals surface area contributed by atoms with Crippen molar-refractivity contribution < 1.29 is 9.59 Å². The first kappa shape index (κ1) is 19.0. The van der Waals surface area contributed by atoms with E-state index in [0.717, 1.165) is 49.1 Å². The average molecular weight is 344 g/mol. The molecule has 0 unspecified atom stereocenters. The number of unbranched alkanes of at least 4 members (excludes halogenated alkanes) is 1. The van der Waals surface area contributed by atoms with Gasteiger partial charge >= 0.3 is 0 Å². The molecule has 0 saturated heterocycles. The van der Waals surface area contributed by atoms with Gasteiger partial charge in [0.15, 0.2) is 0 Å². The highest BCUT2D eigenvalue weighted by atomic mass is 16.2. The van der Waals surface area contributed by atoms with E-state index < -0.39 is 0 Å². The number of imidazole rings is 1. The van der Waals surface area contributed by atoms with Crippen LogP contribution >= 0.6 is 0 Å². The monoisotopic (exact) mass is 344 g/mol. The Morgan fingerprint density at radius 1 is 1.24 bits per heavy atom. The molecule has 2 amide bonds. The molecule has 0 fully saturated rings. The summed E-state index contributed by atoms with van der Waals surface area (Å²) in [6.07, 6.45) is 3.60. The molecular formula is C19H28N4O2. The van der Waals surface area contributed by atoms with Gasteiger partial charge in [0.25, 0.3) is 0 Å². The molecule has 0 aliphatic heterocycles. The lowest BCUT2D eigenvalue weighted by Gasteiger charge is -2.18. The third-order valence-electron chi connectivity index (χ3n) is 4.25. The molecule has 0 saturated carbocycles. The van der Waals surface area contributed by atoms with Crippen LogP contribution in [0, 0.1) is 0 Å². The summed E-state index contributed by atoms with van der Waals surface area (Å²) in [4.78, 5) is 30.0. The highest BCUT2D eigenvalue weighted by molar-refractivity contribution is 5.81. The van der Waals surface area contributed by atoms with Gasteiger partial charge in [-0.25, -0.2) is 4.98 Å². The van der Waals surface area contributed by atoms with E-state index in [1.54, 1.807) is 4.90 Å². The molecule has 0 aliphatic rings. The number of rotatable bonds is 9. The number of para-hydroxylation sites is 2. The second-order valence-electron chi connectivity index (χ2n) is 6.36. The van der Waals surface area contributed by atoms with Gasteiger partial charge in [0.1, 0.15) is 12.4 Å². The van der Waals surface area contributed by atoms with Gasteiger partial charge in [0, 0.05) is 33.5 Å². The summed E-state index contributed by atoms with van der Waals surface area (Å²) in [5.74, 6) is 0.963. The van der Waals surface area contributed by atoms with E-state index in [-0.39, 0.29) is 11.8 Å². The predicted molar refractivity (Wildman–Crippen MR) is 99.3 cm³/mol. The molecular weight excluding hydrogens is 316 g/mol. The number of carbonyl (C=O) groups is 2. The lowest BCUT2D eigenvalue weighted by molar-refractivity contribution is -0.130. The van der Waals surface area contributed by atoms with Crippen molar-refractivity contribution in [2.24, 2.45) is 0 Å². The number of fused-ring (bicyclic) bond motifs is 1. The minimum absolute atomic E-state index is 0.0266. The average Bonchev–Trinajstić information content (AvgIpc) is 2.94. The molecule has 136 valence electrons. The summed E-state index contributed by atoms with van der Waals surface area (Å²) in [5.41, 5.74) is 1.88. The van der Waals surface area contributed by atoms with Crippen LogP contribution in [0.4, 0.5) is 0 Å². The maximum atomic E-state index is 12.6. The Balaban J connectivity index is 2.13. The van der Waals surface area contributed by atoms with Crippen LogP contribution in [0.3, 0.4) is 0 Å². The van der Waals surface area contributed by atoms with Gasteiger partial charge in [-0.2, -0.15) is 0 Å². The van der Waals surface area contributed by atoms with Crippen molar-refractivity contribution in [3.05, 3.63) is 30.1 Å². The maximum Gasteiger partial charge on any atom is 0.242 e. The van der Waals surface area contributed by atoms with Gasteiger partial charge < -0.3 is 14.8 Å². The number of hydrogen-bond acceptors (Lipinski definition) is 3. The summed E-state index contributed by atoms with van der Waals surface area (Å²) in [6, 6.07) is 7.89. The molecule has 1 N–H and O–H groups in total. The minimum atomic E-state index is -0.0266. The van der Waals surface area contributed by atoms with E-state index in [0.29, 0.717) is 13.1 Å². The van der Waals surface area contributed by atoms with E-state index in [1.807, 2.05) is 35.9 Å². The summed E-state index contributed by atoms with van der Waals surface area (Å²) in [5, 5.41) is 2.80. The first-order chi connectivity index (χ1) is 12.0. The van der Waals surface area contributed by atoms with Gasteiger partial charge in [-0.05, 0) is 25.0 Å². The normalized spacial score (nSPS) is 10.8. The van der Waals surface area contributed by atoms with Gasteiger partial charge in [0.2, 0.25) is 11.8 Å². The number of amides is 2. The highest BCUT2D eigenvalue weighted by Crippen LogP contribution is 2.17. The Morgan fingerprint density at radius 2 is 2.00 bits per heavy atom. The fourth-order valence-corrected chi connectivity index (χ4v) is 2.78. The quantitative estimate of drug-likeness (QED) is 0.710. The van der Waals surface area contributed by atoms with E-state index in [2.05, 4.69) is 17.2 Å². The Hall–Kier alpha value is -2.37. The van der Waals surface area contributed by atoms with E-state index in [1.165, 1.54) is 6.92 Å². The number of nitrogens with zero attached hydrogens (tertiary/aromatic N) is 3. The first-order valence-electron chi connectivity index (χ1n) is 8.95. The Kier molecular flexibility index (Phi) is 6.98. The van der Waals surface area contributed by atoms with Gasteiger partial charge in [-0.1, -0.05) is 25.5 Å².